The standard InChI is InChI=1S/C17H32N4O2/c1-4-23-13-14-9-10-21(12-14)17(18-11-16(22)20(2)3)19-15-7-5-6-8-15/h14-15H,4-13H2,1-3H3,(H,18,19). The molecule has 1 unspecified atom stereocenters. The third-order valence-electron chi connectivity index (χ3n) is 4.69. The van der Waals surface area contributed by atoms with Crippen LogP contribution in [0.5, 0.6) is 0 Å². The molecule has 0 aromatic heterocycles. The van der Waals surface area contributed by atoms with E-state index in [1.54, 1.807) is 19.0 Å². The van der Waals surface area contributed by atoms with Crippen molar-refractivity contribution in [2.75, 3.05) is 46.9 Å². The molecule has 6 nitrogen and oxygen atoms in total. The van der Waals surface area contributed by atoms with E-state index < -0.39 is 0 Å². The minimum absolute atomic E-state index is 0.0424. The van der Waals surface area contributed by atoms with Crippen LogP contribution in [0.2, 0.25) is 0 Å². The van der Waals surface area contributed by atoms with E-state index in [-0.39, 0.29) is 12.5 Å². The molecule has 1 saturated heterocycles. The van der Waals surface area contributed by atoms with Crippen molar-refractivity contribution in [3.05, 3.63) is 0 Å². The van der Waals surface area contributed by atoms with Gasteiger partial charge in [-0.25, -0.2) is 4.99 Å². The summed E-state index contributed by atoms with van der Waals surface area (Å²) in [6, 6.07) is 0.508. The number of nitrogens with zero attached hydrogens (tertiary/aromatic N) is 3. The molecule has 1 aliphatic heterocycles. The molecule has 6 heteroatoms. The fraction of sp³-hybridized carbons (Fsp3) is 0.882. The molecular weight excluding hydrogens is 292 g/mol. The quantitative estimate of drug-likeness (QED) is 0.591. The number of carbonyl (C=O) groups is 1. The summed E-state index contributed by atoms with van der Waals surface area (Å²) in [4.78, 5) is 20.4. The highest BCUT2D eigenvalue weighted by Crippen LogP contribution is 2.20. The van der Waals surface area contributed by atoms with Gasteiger partial charge in [0.1, 0.15) is 6.54 Å². The Morgan fingerprint density at radius 3 is 2.70 bits per heavy atom. The summed E-state index contributed by atoms with van der Waals surface area (Å²) in [6.45, 7) is 5.80. The van der Waals surface area contributed by atoms with Crippen LogP contribution in [0.4, 0.5) is 0 Å². The van der Waals surface area contributed by atoms with Crippen molar-refractivity contribution in [1.82, 2.24) is 15.1 Å². The van der Waals surface area contributed by atoms with Crippen LogP contribution < -0.4 is 5.32 Å². The van der Waals surface area contributed by atoms with Crippen LogP contribution in [0.1, 0.15) is 39.0 Å². The Kier molecular flexibility index (Phi) is 7.15. The molecule has 2 rings (SSSR count). The lowest BCUT2D eigenvalue weighted by Gasteiger charge is -2.25. The highest BCUT2D eigenvalue weighted by atomic mass is 16.5. The van der Waals surface area contributed by atoms with Crippen LogP contribution >= 0.6 is 0 Å². The Bertz CT molecular complexity index is 405. The number of hydrogen-bond donors (Lipinski definition) is 1. The lowest BCUT2D eigenvalue weighted by atomic mass is 10.1. The van der Waals surface area contributed by atoms with Crippen LogP contribution in [0.25, 0.3) is 0 Å². The van der Waals surface area contributed by atoms with Crippen LogP contribution in [0, 0.1) is 5.92 Å². The third-order valence-corrected chi connectivity index (χ3v) is 4.69. The predicted octanol–water partition coefficient (Wildman–Crippen LogP) is 1.32. The Morgan fingerprint density at radius 1 is 1.30 bits per heavy atom. The maximum absolute atomic E-state index is 11.9. The van der Waals surface area contributed by atoms with Gasteiger partial charge in [0.2, 0.25) is 5.91 Å². The van der Waals surface area contributed by atoms with E-state index in [4.69, 9.17) is 4.74 Å². The van der Waals surface area contributed by atoms with Gasteiger partial charge in [0.05, 0.1) is 6.61 Å². The Morgan fingerprint density at radius 2 is 2.04 bits per heavy atom. The first-order valence-corrected chi connectivity index (χ1v) is 8.94. The number of guanidine groups is 1. The molecule has 132 valence electrons. The van der Waals surface area contributed by atoms with Gasteiger partial charge >= 0.3 is 0 Å². The summed E-state index contributed by atoms with van der Waals surface area (Å²) in [5, 5.41) is 3.59. The maximum Gasteiger partial charge on any atom is 0.243 e. The molecule has 1 amide bonds. The molecular formula is C17H32N4O2. The summed E-state index contributed by atoms with van der Waals surface area (Å²) in [7, 11) is 3.55. The topological polar surface area (TPSA) is 57.2 Å². The number of amides is 1. The number of aliphatic imine (C=N–C) groups is 1. The van der Waals surface area contributed by atoms with Gasteiger partial charge in [-0.15, -0.1) is 0 Å². The second kappa shape index (κ2) is 9.11. The summed E-state index contributed by atoms with van der Waals surface area (Å²) in [6.07, 6.45) is 6.11. The van der Waals surface area contributed by atoms with E-state index >= 15 is 0 Å². The fourth-order valence-corrected chi connectivity index (χ4v) is 3.22. The van der Waals surface area contributed by atoms with Gasteiger partial charge in [-0.3, -0.25) is 4.79 Å². The van der Waals surface area contributed by atoms with Crippen LogP contribution in [-0.4, -0.2) is 74.7 Å². The zero-order chi connectivity index (χ0) is 16.7. The number of hydrogen-bond acceptors (Lipinski definition) is 3. The van der Waals surface area contributed by atoms with E-state index in [1.807, 2.05) is 6.92 Å². The van der Waals surface area contributed by atoms with Crippen LogP contribution in [-0.2, 0) is 9.53 Å². The smallest absolute Gasteiger partial charge is 0.243 e. The van der Waals surface area contributed by atoms with Gasteiger partial charge in [-0.05, 0) is 26.2 Å². The molecule has 1 N–H and O–H groups in total. The normalized spacial score (nSPS) is 22.7. The molecule has 2 aliphatic rings. The van der Waals surface area contributed by atoms with Crippen LogP contribution in [0.3, 0.4) is 0 Å². The van der Waals surface area contributed by atoms with Gasteiger partial charge in [0.15, 0.2) is 5.96 Å². The van der Waals surface area contributed by atoms with E-state index in [9.17, 15) is 4.79 Å². The number of likely N-dealkylation sites (tertiary alicyclic amines) is 1. The second-order valence-electron chi connectivity index (χ2n) is 6.81. The summed E-state index contributed by atoms with van der Waals surface area (Å²) < 4.78 is 5.56. The van der Waals surface area contributed by atoms with Crippen molar-refractivity contribution in [1.29, 1.82) is 0 Å². The number of likely N-dealkylation sites (N-methyl/N-ethyl adjacent to an activating group) is 1. The van der Waals surface area contributed by atoms with Crippen molar-refractivity contribution in [3.63, 3.8) is 0 Å². The van der Waals surface area contributed by atoms with Gasteiger partial charge < -0.3 is 19.9 Å². The van der Waals surface area contributed by atoms with Crippen molar-refractivity contribution in [3.8, 4) is 0 Å². The van der Waals surface area contributed by atoms with Crippen molar-refractivity contribution >= 4 is 11.9 Å². The summed E-state index contributed by atoms with van der Waals surface area (Å²) in [5.41, 5.74) is 0. The summed E-state index contributed by atoms with van der Waals surface area (Å²) >= 11 is 0. The van der Waals surface area contributed by atoms with Crippen molar-refractivity contribution in [2.45, 2.75) is 45.1 Å². The average Bonchev–Trinajstić information content (AvgIpc) is 3.20. The highest BCUT2D eigenvalue weighted by molar-refractivity contribution is 5.85. The first-order valence-electron chi connectivity index (χ1n) is 8.94. The van der Waals surface area contributed by atoms with Crippen molar-refractivity contribution < 1.29 is 9.53 Å². The van der Waals surface area contributed by atoms with Crippen LogP contribution in [0.15, 0.2) is 4.99 Å². The lowest BCUT2D eigenvalue weighted by Crippen LogP contribution is -2.45. The molecule has 0 radical (unpaired) electrons. The predicted molar refractivity (Wildman–Crippen MR) is 92.6 cm³/mol. The fourth-order valence-electron chi connectivity index (χ4n) is 3.22. The molecule has 1 saturated carbocycles. The SMILES string of the molecule is CCOCC1CCN(C(=NCC(=O)N(C)C)NC2CCCC2)C1. The third kappa shape index (κ3) is 5.68. The van der Waals surface area contributed by atoms with E-state index in [0.717, 1.165) is 38.7 Å². The first kappa shape index (κ1) is 18.0. The zero-order valence-corrected chi connectivity index (χ0v) is 14.9. The van der Waals surface area contributed by atoms with E-state index in [2.05, 4.69) is 15.2 Å². The van der Waals surface area contributed by atoms with E-state index in [1.165, 1.54) is 25.7 Å². The molecule has 1 aliphatic carbocycles. The van der Waals surface area contributed by atoms with Gasteiger partial charge in [0, 0.05) is 45.8 Å². The van der Waals surface area contributed by atoms with Gasteiger partial charge in [0.25, 0.3) is 0 Å². The molecule has 0 aromatic carbocycles. The Balaban J connectivity index is 1.95. The average molecular weight is 324 g/mol. The second-order valence-corrected chi connectivity index (χ2v) is 6.81. The van der Waals surface area contributed by atoms with E-state index in [0.29, 0.717) is 12.0 Å². The van der Waals surface area contributed by atoms with Crippen molar-refractivity contribution in [2.24, 2.45) is 10.9 Å². The minimum Gasteiger partial charge on any atom is -0.381 e. The molecule has 2 fully saturated rings. The molecule has 0 aromatic rings. The maximum atomic E-state index is 11.9. The number of rotatable bonds is 6. The molecule has 0 bridgehead atoms. The molecule has 1 atom stereocenters. The number of ether oxygens (including phenoxy) is 1. The molecule has 1 heterocycles. The molecule has 23 heavy (non-hydrogen) atoms. The van der Waals surface area contributed by atoms with Gasteiger partial charge in [-0.1, -0.05) is 12.8 Å². The zero-order valence-electron chi connectivity index (χ0n) is 14.9. The number of carbonyl (C=O) groups excluding carboxylic acids is 1. The Hall–Kier alpha value is -1.30. The largest absolute Gasteiger partial charge is 0.381 e. The summed E-state index contributed by atoms with van der Waals surface area (Å²) in [5.74, 6) is 1.52. The number of nitrogens with one attached hydrogen (secondary N) is 1. The van der Waals surface area contributed by atoms with Gasteiger partial charge in [-0.2, -0.15) is 0 Å². The Labute approximate surface area is 140 Å². The monoisotopic (exact) mass is 324 g/mol. The minimum atomic E-state index is 0.0424. The lowest BCUT2D eigenvalue weighted by molar-refractivity contribution is -0.127. The molecule has 0 spiro atoms. The first-order chi connectivity index (χ1) is 11.1. The highest BCUT2D eigenvalue weighted by Gasteiger charge is 2.27.